The third kappa shape index (κ3) is 2.66. The van der Waals surface area contributed by atoms with Crippen molar-refractivity contribution in [1.82, 2.24) is 4.90 Å². The Hall–Kier alpha value is -1.71. The molecule has 88 valence electrons. The molecule has 0 aliphatic heterocycles. The predicted octanol–water partition coefficient (Wildman–Crippen LogP) is 1.68. The van der Waals surface area contributed by atoms with Crippen LogP contribution in [0.5, 0.6) is 11.5 Å². The van der Waals surface area contributed by atoms with E-state index in [-0.39, 0.29) is 5.91 Å². The van der Waals surface area contributed by atoms with Gasteiger partial charge in [-0.2, -0.15) is 0 Å². The first-order valence-corrected chi connectivity index (χ1v) is 5.01. The van der Waals surface area contributed by atoms with Gasteiger partial charge in [0, 0.05) is 14.0 Å². The average molecular weight is 223 g/mol. The highest BCUT2D eigenvalue weighted by Gasteiger charge is 2.13. The molecule has 1 aromatic rings. The zero-order valence-electron chi connectivity index (χ0n) is 10.1. The lowest BCUT2D eigenvalue weighted by molar-refractivity contribution is -0.128. The summed E-state index contributed by atoms with van der Waals surface area (Å²) in [6, 6.07) is 5.56. The summed E-state index contributed by atoms with van der Waals surface area (Å²) in [5.41, 5.74) is 0.880. The van der Waals surface area contributed by atoms with Crippen LogP contribution < -0.4 is 9.47 Å². The SMILES string of the molecule is COc1cccc(OC)c1CN(C)C(C)=O. The molecule has 1 amide bonds. The normalized spacial score (nSPS) is 9.75. The van der Waals surface area contributed by atoms with Crippen LogP contribution in [-0.2, 0) is 11.3 Å². The van der Waals surface area contributed by atoms with Crippen molar-refractivity contribution in [3.05, 3.63) is 23.8 Å². The van der Waals surface area contributed by atoms with Crippen molar-refractivity contribution in [2.75, 3.05) is 21.3 Å². The lowest BCUT2D eigenvalue weighted by Gasteiger charge is -2.19. The molecular weight excluding hydrogens is 206 g/mol. The van der Waals surface area contributed by atoms with E-state index >= 15 is 0 Å². The van der Waals surface area contributed by atoms with Crippen LogP contribution in [0.15, 0.2) is 18.2 Å². The highest BCUT2D eigenvalue weighted by atomic mass is 16.5. The third-order valence-electron chi connectivity index (χ3n) is 2.46. The number of hydrogen-bond acceptors (Lipinski definition) is 3. The first-order valence-electron chi connectivity index (χ1n) is 5.01. The molecule has 0 N–H and O–H groups in total. The van der Waals surface area contributed by atoms with Gasteiger partial charge in [0.2, 0.25) is 5.91 Å². The van der Waals surface area contributed by atoms with Crippen LogP contribution in [0.2, 0.25) is 0 Å². The van der Waals surface area contributed by atoms with Gasteiger partial charge in [0.15, 0.2) is 0 Å². The van der Waals surface area contributed by atoms with Gasteiger partial charge in [-0.3, -0.25) is 4.79 Å². The van der Waals surface area contributed by atoms with Gasteiger partial charge in [0.1, 0.15) is 11.5 Å². The summed E-state index contributed by atoms with van der Waals surface area (Å²) in [5.74, 6) is 1.47. The lowest BCUT2D eigenvalue weighted by Crippen LogP contribution is -2.23. The molecule has 0 heterocycles. The Labute approximate surface area is 95.8 Å². The van der Waals surface area contributed by atoms with Crippen LogP contribution in [0.25, 0.3) is 0 Å². The maximum atomic E-state index is 11.2. The Morgan fingerprint density at radius 2 is 1.75 bits per heavy atom. The number of rotatable bonds is 4. The van der Waals surface area contributed by atoms with Crippen LogP contribution in [0.1, 0.15) is 12.5 Å². The second kappa shape index (κ2) is 5.39. The number of hydrogen-bond donors (Lipinski definition) is 0. The molecule has 0 bridgehead atoms. The Morgan fingerprint density at radius 3 is 2.12 bits per heavy atom. The van der Waals surface area contributed by atoms with Crippen molar-refractivity contribution in [2.45, 2.75) is 13.5 Å². The molecule has 16 heavy (non-hydrogen) atoms. The van der Waals surface area contributed by atoms with Crippen molar-refractivity contribution < 1.29 is 14.3 Å². The number of carbonyl (C=O) groups is 1. The fraction of sp³-hybridized carbons (Fsp3) is 0.417. The predicted molar refractivity (Wildman–Crippen MR) is 61.7 cm³/mol. The molecule has 0 atom stereocenters. The Bertz CT molecular complexity index is 354. The minimum atomic E-state index is 0.00737. The van der Waals surface area contributed by atoms with Gasteiger partial charge in [-0.25, -0.2) is 0 Å². The molecule has 0 unspecified atom stereocenters. The van der Waals surface area contributed by atoms with E-state index in [0.29, 0.717) is 6.54 Å². The largest absolute Gasteiger partial charge is 0.496 e. The van der Waals surface area contributed by atoms with Gasteiger partial charge in [0.05, 0.1) is 26.3 Å². The van der Waals surface area contributed by atoms with E-state index in [1.807, 2.05) is 18.2 Å². The van der Waals surface area contributed by atoms with Gasteiger partial charge in [-0.15, -0.1) is 0 Å². The molecule has 0 fully saturated rings. The van der Waals surface area contributed by atoms with Crippen LogP contribution in [-0.4, -0.2) is 32.1 Å². The molecule has 0 aliphatic carbocycles. The van der Waals surface area contributed by atoms with E-state index in [1.165, 1.54) is 6.92 Å². The second-order valence-corrected chi connectivity index (χ2v) is 3.52. The Balaban J connectivity index is 3.04. The molecule has 0 radical (unpaired) electrons. The van der Waals surface area contributed by atoms with Crippen LogP contribution in [0, 0.1) is 0 Å². The second-order valence-electron chi connectivity index (χ2n) is 3.52. The van der Waals surface area contributed by atoms with Gasteiger partial charge in [-0.1, -0.05) is 6.07 Å². The molecule has 1 rings (SSSR count). The fourth-order valence-corrected chi connectivity index (χ4v) is 1.43. The molecule has 0 aliphatic rings. The molecule has 4 heteroatoms. The highest BCUT2D eigenvalue weighted by Crippen LogP contribution is 2.29. The smallest absolute Gasteiger partial charge is 0.219 e. The summed E-state index contributed by atoms with van der Waals surface area (Å²) in [5, 5.41) is 0. The van der Waals surface area contributed by atoms with Crippen LogP contribution >= 0.6 is 0 Å². The Morgan fingerprint density at radius 1 is 1.25 bits per heavy atom. The third-order valence-corrected chi connectivity index (χ3v) is 2.46. The molecular formula is C12H17NO3. The molecule has 0 spiro atoms. The zero-order valence-corrected chi connectivity index (χ0v) is 10.1. The number of ether oxygens (including phenoxy) is 2. The van der Waals surface area contributed by atoms with E-state index in [0.717, 1.165) is 17.1 Å². The number of amides is 1. The minimum absolute atomic E-state index is 0.00737. The monoisotopic (exact) mass is 223 g/mol. The van der Waals surface area contributed by atoms with Crippen molar-refractivity contribution in [3.8, 4) is 11.5 Å². The number of methoxy groups -OCH3 is 2. The highest BCUT2D eigenvalue weighted by molar-refractivity contribution is 5.73. The summed E-state index contributed by atoms with van der Waals surface area (Å²) in [6.07, 6.45) is 0. The molecule has 0 saturated carbocycles. The van der Waals surface area contributed by atoms with Crippen LogP contribution in [0.4, 0.5) is 0 Å². The van der Waals surface area contributed by atoms with E-state index < -0.39 is 0 Å². The van der Waals surface area contributed by atoms with E-state index in [4.69, 9.17) is 9.47 Å². The zero-order chi connectivity index (χ0) is 12.1. The Kier molecular flexibility index (Phi) is 4.17. The van der Waals surface area contributed by atoms with E-state index in [2.05, 4.69) is 0 Å². The maximum Gasteiger partial charge on any atom is 0.219 e. The summed E-state index contributed by atoms with van der Waals surface area (Å²) < 4.78 is 10.5. The number of benzene rings is 1. The lowest BCUT2D eigenvalue weighted by atomic mass is 10.1. The summed E-state index contributed by atoms with van der Waals surface area (Å²) in [4.78, 5) is 12.8. The minimum Gasteiger partial charge on any atom is -0.496 e. The van der Waals surface area contributed by atoms with Gasteiger partial charge in [0.25, 0.3) is 0 Å². The average Bonchev–Trinajstić information content (AvgIpc) is 2.29. The molecule has 0 aromatic heterocycles. The first kappa shape index (κ1) is 12.4. The van der Waals surface area contributed by atoms with E-state index in [9.17, 15) is 4.79 Å². The van der Waals surface area contributed by atoms with Gasteiger partial charge in [-0.05, 0) is 12.1 Å². The molecule has 4 nitrogen and oxygen atoms in total. The van der Waals surface area contributed by atoms with Crippen LogP contribution in [0.3, 0.4) is 0 Å². The summed E-state index contributed by atoms with van der Waals surface area (Å²) >= 11 is 0. The quantitative estimate of drug-likeness (QED) is 0.779. The van der Waals surface area contributed by atoms with Gasteiger partial charge >= 0.3 is 0 Å². The van der Waals surface area contributed by atoms with Crippen molar-refractivity contribution in [3.63, 3.8) is 0 Å². The van der Waals surface area contributed by atoms with Crippen molar-refractivity contribution in [2.24, 2.45) is 0 Å². The van der Waals surface area contributed by atoms with Gasteiger partial charge < -0.3 is 14.4 Å². The number of carbonyl (C=O) groups excluding carboxylic acids is 1. The van der Waals surface area contributed by atoms with Crippen molar-refractivity contribution in [1.29, 1.82) is 0 Å². The van der Waals surface area contributed by atoms with E-state index in [1.54, 1.807) is 26.2 Å². The summed E-state index contributed by atoms with van der Waals surface area (Å²) in [6.45, 7) is 2.00. The topological polar surface area (TPSA) is 38.8 Å². The summed E-state index contributed by atoms with van der Waals surface area (Å²) in [7, 11) is 4.95. The number of nitrogens with zero attached hydrogens (tertiary/aromatic N) is 1. The maximum absolute atomic E-state index is 11.2. The standard InChI is InChI=1S/C12H17NO3/c1-9(14)13(2)8-10-11(15-3)6-5-7-12(10)16-4/h5-7H,8H2,1-4H3. The van der Waals surface area contributed by atoms with Crippen molar-refractivity contribution >= 4 is 5.91 Å². The fourth-order valence-electron chi connectivity index (χ4n) is 1.43. The first-order chi connectivity index (χ1) is 7.60. The molecule has 0 saturated heterocycles. The molecule has 1 aromatic carbocycles.